The number of carbonyl (C=O) groups is 2. The molecular weight excluding hydrogens is 280 g/mol. The minimum atomic E-state index is -2.52. The van der Waals surface area contributed by atoms with Crippen LogP contribution in [0, 0.1) is 0 Å². The molecule has 0 fully saturated rings. The molecule has 0 aromatic heterocycles. The van der Waals surface area contributed by atoms with E-state index in [0.29, 0.717) is 0 Å². The highest BCUT2D eigenvalue weighted by molar-refractivity contribution is 7.79. The topological polar surface area (TPSA) is 133 Å². The number of hydrogen-bond donors (Lipinski definition) is 2. The Morgan fingerprint density at radius 3 is 2.11 bits per heavy atom. The van der Waals surface area contributed by atoms with Crippen molar-refractivity contribution in [3.63, 3.8) is 0 Å². The average molecular weight is 289 g/mol. The van der Waals surface area contributed by atoms with Gasteiger partial charge in [0.05, 0.1) is 0 Å². The van der Waals surface area contributed by atoms with Crippen molar-refractivity contribution in [3.8, 4) is 11.5 Å². The first kappa shape index (κ1) is 14.9. The van der Waals surface area contributed by atoms with Gasteiger partial charge in [0.25, 0.3) is 0 Å². The minimum Gasteiger partial charge on any atom is -0.768 e. The molecule has 0 spiro atoms. The predicted molar refractivity (Wildman–Crippen MR) is 59.9 cm³/mol. The Kier molecular flexibility index (Phi) is 5.27. The number of carboxylic acids is 2. The van der Waals surface area contributed by atoms with Crippen LogP contribution in [0.25, 0.3) is 0 Å². The first-order valence-electron chi connectivity index (χ1n) is 4.82. The van der Waals surface area contributed by atoms with E-state index in [1.54, 1.807) is 0 Å². The lowest BCUT2D eigenvalue weighted by molar-refractivity contribution is -0.140. The van der Waals surface area contributed by atoms with Crippen molar-refractivity contribution in [3.05, 3.63) is 18.2 Å². The summed E-state index contributed by atoms with van der Waals surface area (Å²) >= 11 is -2.52. The van der Waals surface area contributed by atoms with Gasteiger partial charge in [0.2, 0.25) is 0 Å². The monoisotopic (exact) mass is 289 g/mol. The van der Waals surface area contributed by atoms with Crippen molar-refractivity contribution in [1.29, 1.82) is 0 Å². The number of carboxylic acid groups (broad SMARTS) is 2. The lowest BCUT2D eigenvalue weighted by atomic mass is 10.3. The summed E-state index contributed by atoms with van der Waals surface area (Å²) in [6.45, 7) is -1.37. The smallest absolute Gasteiger partial charge is 0.341 e. The van der Waals surface area contributed by atoms with Crippen molar-refractivity contribution in [2.75, 3.05) is 13.2 Å². The Balaban J connectivity index is 2.96. The third-order valence-electron chi connectivity index (χ3n) is 1.81. The SMILES string of the molecule is O=C(O)COc1ccc(S(=O)[O-])cc1OCC(=O)O. The van der Waals surface area contributed by atoms with Crippen molar-refractivity contribution in [2.45, 2.75) is 4.90 Å². The largest absolute Gasteiger partial charge is 0.768 e. The summed E-state index contributed by atoms with van der Waals surface area (Å²) in [6.07, 6.45) is 0. The molecule has 1 unspecified atom stereocenters. The van der Waals surface area contributed by atoms with Crippen LogP contribution in [0.2, 0.25) is 0 Å². The molecule has 104 valence electrons. The molecule has 9 heteroatoms. The highest BCUT2D eigenvalue weighted by Gasteiger charge is 2.10. The van der Waals surface area contributed by atoms with Gasteiger partial charge in [0.15, 0.2) is 24.7 Å². The molecule has 0 radical (unpaired) electrons. The average Bonchev–Trinajstić information content (AvgIpc) is 2.33. The quantitative estimate of drug-likeness (QED) is 0.662. The van der Waals surface area contributed by atoms with Crippen LogP contribution in [0.15, 0.2) is 23.1 Å². The Morgan fingerprint density at radius 1 is 1.11 bits per heavy atom. The maximum Gasteiger partial charge on any atom is 0.341 e. The van der Waals surface area contributed by atoms with Gasteiger partial charge in [-0.2, -0.15) is 0 Å². The van der Waals surface area contributed by atoms with E-state index in [2.05, 4.69) is 0 Å². The van der Waals surface area contributed by atoms with Crippen LogP contribution in [0.1, 0.15) is 0 Å². The summed E-state index contributed by atoms with van der Waals surface area (Å²) in [4.78, 5) is 20.6. The summed E-state index contributed by atoms with van der Waals surface area (Å²) in [5.41, 5.74) is 0. The fourth-order valence-corrected chi connectivity index (χ4v) is 1.49. The van der Waals surface area contributed by atoms with Gasteiger partial charge in [-0.1, -0.05) is 0 Å². The number of rotatable bonds is 7. The molecular formula is C10H9O8S-. The fourth-order valence-electron chi connectivity index (χ4n) is 1.10. The molecule has 0 aliphatic carbocycles. The summed E-state index contributed by atoms with van der Waals surface area (Å²) in [5.74, 6) is -2.72. The molecule has 1 aromatic rings. The molecule has 0 bridgehead atoms. The van der Waals surface area contributed by atoms with Gasteiger partial charge in [-0.15, -0.1) is 0 Å². The standard InChI is InChI=1S/C10H10O8S/c11-9(12)4-17-7-2-1-6(19(15)16)3-8(7)18-5-10(13)14/h1-3H,4-5H2,(H,11,12)(H,13,14)(H,15,16)/p-1. The molecule has 0 aliphatic heterocycles. The maximum absolute atomic E-state index is 10.8. The second-order valence-corrected chi connectivity index (χ2v) is 4.15. The summed E-state index contributed by atoms with van der Waals surface area (Å²) in [7, 11) is 0. The van der Waals surface area contributed by atoms with E-state index in [-0.39, 0.29) is 16.4 Å². The van der Waals surface area contributed by atoms with E-state index in [1.165, 1.54) is 12.1 Å². The number of benzene rings is 1. The van der Waals surface area contributed by atoms with Crippen LogP contribution in [0.4, 0.5) is 0 Å². The Bertz CT molecular complexity index is 512. The van der Waals surface area contributed by atoms with Gasteiger partial charge < -0.3 is 24.2 Å². The number of ether oxygens (including phenoxy) is 2. The number of hydrogen-bond acceptors (Lipinski definition) is 6. The van der Waals surface area contributed by atoms with E-state index < -0.39 is 36.2 Å². The Labute approximate surface area is 109 Å². The fraction of sp³-hybridized carbons (Fsp3) is 0.200. The molecule has 1 aromatic carbocycles. The number of aliphatic carboxylic acids is 2. The van der Waals surface area contributed by atoms with Crippen LogP contribution >= 0.6 is 0 Å². The van der Waals surface area contributed by atoms with Crippen LogP contribution in [-0.2, 0) is 20.7 Å². The first-order chi connectivity index (χ1) is 8.90. The molecule has 2 N–H and O–H groups in total. The van der Waals surface area contributed by atoms with Crippen LogP contribution in [-0.4, -0.2) is 44.1 Å². The third kappa shape index (κ3) is 4.94. The van der Waals surface area contributed by atoms with Crippen LogP contribution < -0.4 is 9.47 Å². The van der Waals surface area contributed by atoms with E-state index in [4.69, 9.17) is 19.7 Å². The first-order valence-corrected chi connectivity index (χ1v) is 5.90. The molecule has 0 aliphatic rings. The zero-order valence-corrected chi connectivity index (χ0v) is 10.2. The van der Waals surface area contributed by atoms with Gasteiger partial charge in [-0.05, 0) is 29.3 Å². The minimum absolute atomic E-state index is 0.0575. The van der Waals surface area contributed by atoms with Crippen molar-refractivity contribution in [1.82, 2.24) is 0 Å². The summed E-state index contributed by atoms with van der Waals surface area (Å²) in [6, 6.07) is 3.41. The second kappa shape index (κ2) is 6.71. The third-order valence-corrected chi connectivity index (χ3v) is 2.45. The van der Waals surface area contributed by atoms with E-state index in [0.717, 1.165) is 6.07 Å². The van der Waals surface area contributed by atoms with Crippen molar-refractivity contribution >= 4 is 23.0 Å². The maximum atomic E-state index is 10.8. The van der Waals surface area contributed by atoms with Gasteiger partial charge in [-0.3, -0.25) is 4.21 Å². The van der Waals surface area contributed by atoms with Crippen molar-refractivity contribution in [2.24, 2.45) is 0 Å². The molecule has 1 atom stereocenters. The van der Waals surface area contributed by atoms with Gasteiger partial charge in [0.1, 0.15) is 0 Å². The van der Waals surface area contributed by atoms with Crippen LogP contribution in [0.5, 0.6) is 11.5 Å². The van der Waals surface area contributed by atoms with E-state index in [9.17, 15) is 18.4 Å². The second-order valence-electron chi connectivity index (χ2n) is 3.21. The normalized spacial score (nSPS) is 11.6. The zero-order valence-electron chi connectivity index (χ0n) is 9.40. The van der Waals surface area contributed by atoms with Crippen molar-refractivity contribution < 1.29 is 38.0 Å². The van der Waals surface area contributed by atoms with Gasteiger partial charge >= 0.3 is 11.9 Å². The predicted octanol–water partition coefficient (Wildman–Crippen LogP) is -0.149. The lowest BCUT2D eigenvalue weighted by Crippen LogP contribution is -2.13. The summed E-state index contributed by atoms with van der Waals surface area (Å²) < 4.78 is 31.2. The molecule has 0 saturated carbocycles. The van der Waals surface area contributed by atoms with E-state index >= 15 is 0 Å². The molecule has 0 heterocycles. The highest BCUT2D eigenvalue weighted by Crippen LogP contribution is 2.29. The van der Waals surface area contributed by atoms with E-state index in [1.807, 2.05) is 0 Å². The lowest BCUT2D eigenvalue weighted by Gasteiger charge is -2.13. The van der Waals surface area contributed by atoms with Gasteiger partial charge in [-0.25, -0.2) is 9.59 Å². The van der Waals surface area contributed by atoms with Crippen LogP contribution in [0.3, 0.4) is 0 Å². The molecule has 0 amide bonds. The van der Waals surface area contributed by atoms with Gasteiger partial charge in [0, 0.05) is 4.90 Å². The molecule has 0 saturated heterocycles. The Hall–Kier alpha value is -2.13. The molecule has 8 nitrogen and oxygen atoms in total. The summed E-state index contributed by atoms with van der Waals surface area (Å²) in [5, 5.41) is 16.9. The molecule has 1 rings (SSSR count). The zero-order chi connectivity index (χ0) is 14.4. The highest BCUT2D eigenvalue weighted by atomic mass is 32.2. The Morgan fingerprint density at radius 2 is 1.63 bits per heavy atom. The molecule has 19 heavy (non-hydrogen) atoms.